The maximum absolute atomic E-state index is 13.3. The fourth-order valence-corrected chi connectivity index (χ4v) is 1.22. The first kappa shape index (κ1) is 14.0. The summed E-state index contributed by atoms with van der Waals surface area (Å²) in [6, 6.07) is 0.882. The normalized spacial score (nSPS) is 11.3. The minimum absolute atomic E-state index is 0.330. The maximum Gasteiger partial charge on any atom is 0.341 e. The number of esters is 1. The molecular weight excluding hydrogens is 249 g/mol. The van der Waals surface area contributed by atoms with Gasteiger partial charge in [-0.3, -0.25) is 4.79 Å². The lowest BCUT2D eigenvalue weighted by Crippen LogP contribution is -2.11. The molecule has 0 aliphatic carbocycles. The van der Waals surface area contributed by atoms with E-state index < -0.39 is 40.3 Å². The summed E-state index contributed by atoms with van der Waals surface area (Å²) in [5.74, 6) is -5.38. The molecule has 0 saturated heterocycles. The second-order valence-corrected chi connectivity index (χ2v) is 3.39. The number of rotatable bonds is 3. The van der Waals surface area contributed by atoms with Crippen LogP contribution in [0.2, 0.25) is 0 Å². The summed E-state index contributed by atoms with van der Waals surface area (Å²) in [7, 11) is 1.04. The lowest BCUT2D eigenvalue weighted by Gasteiger charge is -2.03. The summed E-state index contributed by atoms with van der Waals surface area (Å²) in [4.78, 5) is 22.4. The van der Waals surface area contributed by atoms with Crippen LogP contribution in [0, 0.1) is 17.5 Å². The first-order valence-corrected chi connectivity index (χ1v) is 4.82. The Labute approximate surface area is 101 Å². The number of carbonyl (C=O) groups is 2. The quantitative estimate of drug-likeness (QED) is 0.274. The highest BCUT2D eigenvalue weighted by molar-refractivity contribution is 6.19. The van der Waals surface area contributed by atoms with Gasteiger partial charge in [-0.25, -0.2) is 18.0 Å². The van der Waals surface area contributed by atoms with Crippen LogP contribution in [0.15, 0.2) is 17.7 Å². The van der Waals surface area contributed by atoms with Gasteiger partial charge in [0, 0.05) is 11.6 Å². The molecule has 6 heteroatoms. The van der Waals surface area contributed by atoms with E-state index in [4.69, 9.17) is 0 Å². The Kier molecular flexibility index (Phi) is 4.25. The smallest absolute Gasteiger partial charge is 0.341 e. The van der Waals surface area contributed by atoms with E-state index >= 15 is 0 Å². The lowest BCUT2D eigenvalue weighted by atomic mass is 10.1. The number of methoxy groups -OCH3 is 1. The summed E-state index contributed by atoms with van der Waals surface area (Å²) < 4.78 is 43.2. The van der Waals surface area contributed by atoms with Crippen LogP contribution in [0.1, 0.15) is 12.5 Å². The SMILES string of the molecule is COC(=O)C(=Cc1cc(F)c(F)cc1F)C(C)=O. The highest BCUT2D eigenvalue weighted by Crippen LogP contribution is 2.17. The van der Waals surface area contributed by atoms with Crippen LogP contribution in [0.5, 0.6) is 0 Å². The number of ether oxygens (including phenoxy) is 1. The van der Waals surface area contributed by atoms with Gasteiger partial charge in [0.25, 0.3) is 0 Å². The third kappa shape index (κ3) is 2.97. The molecule has 0 fully saturated rings. The fourth-order valence-electron chi connectivity index (χ4n) is 1.22. The first-order chi connectivity index (χ1) is 8.36. The Balaban J connectivity index is 3.33. The molecule has 0 heterocycles. The van der Waals surface area contributed by atoms with Crippen molar-refractivity contribution < 1.29 is 27.5 Å². The van der Waals surface area contributed by atoms with E-state index in [1.165, 1.54) is 0 Å². The summed E-state index contributed by atoms with van der Waals surface area (Å²) in [5, 5.41) is 0. The maximum atomic E-state index is 13.3. The van der Waals surface area contributed by atoms with Crippen LogP contribution < -0.4 is 0 Å². The molecule has 0 aliphatic rings. The second kappa shape index (κ2) is 5.48. The predicted molar refractivity (Wildman–Crippen MR) is 57.0 cm³/mol. The predicted octanol–water partition coefficient (Wildman–Crippen LogP) is 2.25. The molecule has 0 amide bonds. The Hall–Kier alpha value is -2.11. The standard InChI is InChI=1S/C12H9F3O3/c1-6(16)8(12(17)18-2)3-7-4-10(14)11(15)5-9(7)13/h3-5H,1-2H3. The molecule has 0 unspecified atom stereocenters. The molecule has 0 atom stereocenters. The van der Waals surface area contributed by atoms with Gasteiger partial charge >= 0.3 is 5.97 Å². The van der Waals surface area contributed by atoms with Crippen LogP contribution in [0.4, 0.5) is 13.2 Å². The molecule has 0 saturated carbocycles. The summed E-state index contributed by atoms with van der Waals surface area (Å²) in [6.07, 6.45) is 0.812. The van der Waals surface area contributed by atoms with Crippen molar-refractivity contribution in [2.24, 2.45) is 0 Å². The van der Waals surface area contributed by atoms with Crippen molar-refractivity contribution in [1.82, 2.24) is 0 Å². The van der Waals surface area contributed by atoms with E-state index in [0.717, 1.165) is 20.1 Å². The third-order valence-electron chi connectivity index (χ3n) is 2.12. The number of hydrogen-bond acceptors (Lipinski definition) is 3. The number of benzene rings is 1. The minimum atomic E-state index is -1.35. The zero-order valence-electron chi connectivity index (χ0n) is 9.59. The van der Waals surface area contributed by atoms with Crippen molar-refractivity contribution in [3.63, 3.8) is 0 Å². The lowest BCUT2D eigenvalue weighted by molar-refractivity contribution is -0.137. The third-order valence-corrected chi connectivity index (χ3v) is 2.12. The molecule has 3 nitrogen and oxygen atoms in total. The number of Topliss-reactive ketones (excluding diaryl/α,β-unsaturated/α-hetero) is 1. The zero-order chi connectivity index (χ0) is 13.9. The van der Waals surface area contributed by atoms with E-state index in [9.17, 15) is 22.8 Å². The Morgan fingerprint density at radius 1 is 1.11 bits per heavy atom. The van der Waals surface area contributed by atoms with E-state index in [-0.39, 0.29) is 0 Å². The molecule has 1 aromatic carbocycles. The van der Waals surface area contributed by atoms with Gasteiger partial charge < -0.3 is 4.74 Å². The van der Waals surface area contributed by atoms with Gasteiger partial charge in [-0.05, 0) is 19.1 Å². The van der Waals surface area contributed by atoms with Crippen molar-refractivity contribution in [3.8, 4) is 0 Å². The molecule has 96 valence electrons. The molecule has 0 radical (unpaired) electrons. The molecular formula is C12H9F3O3. The topological polar surface area (TPSA) is 43.4 Å². The van der Waals surface area contributed by atoms with Crippen molar-refractivity contribution in [2.75, 3.05) is 7.11 Å². The largest absolute Gasteiger partial charge is 0.465 e. The minimum Gasteiger partial charge on any atom is -0.465 e. The van der Waals surface area contributed by atoms with Crippen LogP contribution in [0.25, 0.3) is 6.08 Å². The second-order valence-electron chi connectivity index (χ2n) is 3.39. The van der Waals surface area contributed by atoms with Gasteiger partial charge in [0.1, 0.15) is 11.4 Å². The number of hydrogen-bond donors (Lipinski definition) is 0. The van der Waals surface area contributed by atoms with Crippen molar-refractivity contribution in [3.05, 3.63) is 40.7 Å². The van der Waals surface area contributed by atoms with Crippen LogP contribution >= 0.6 is 0 Å². The highest BCUT2D eigenvalue weighted by Gasteiger charge is 2.17. The van der Waals surface area contributed by atoms with Crippen molar-refractivity contribution in [1.29, 1.82) is 0 Å². The number of halogens is 3. The van der Waals surface area contributed by atoms with Gasteiger partial charge in [-0.2, -0.15) is 0 Å². The van der Waals surface area contributed by atoms with Gasteiger partial charge in [0.15, 0.2) is 17.4 Å². The average Bonchev–Trinajstić information content (AvgIpc) is 2.30. The number of ketones is 1. The molecule has 0 bridgehead atoms. The molecule has 0 N–H and O–H groups in total. The van der Waals surface area contributed by atoms with Crippen LogP contribution in [0.3, 0.4) is 0 Å². The number of carbonyl (C=O) groups excluding carboxylic acids is 2. The summed E-state index contributed by atoms with van der Waals surface area (Å²) in [6.45, 7) is 1.07. The van der Waals surface area contributed by atoms with E-state index in [1.54, 1.807) is 0 Å². The van der Waals surface area contributed by atoms with E-state index in [0.29, 0.717) is 12.1 Å². The highest BCUT2D eigenvalue weighted by atomic mass is 19.2. The van der Waals surface area contributed by atoms with E-state index in [2.05, 4.69) is 4.74 Å². The Bertz CT molecular complexity index is 536. The van der Waals surface area contributed by atoms with Gasteiger partial charge in [0.2, 0.25) is 0 Å². The monoisotopic (exact) mass is 258 g/mol. The van der Waals surface area contributed by atoms with Gasteiger partial charge in [-0.1, -0.05) is 0 Å². The van der Waals surface area contributed by atoms with Crippen LogP contribution in [-0.2, 0) is 14.3 Å². The molecule has 18 heavy (non-hydrogen) atoms. The molecule has 1 rings (SSSR count). The fraction of sp³-hybridized carbons (Fsp3) is 0.167. The van der Waals surface area contributed by atoms with Gasteiger partial charge in [0.05, 0.1) is 7.11 Å². The van der Waals surface area contributed by atoms with Crippen molar-refractivity contribution in [2.45, 2.75) is 6.92 Å². The van der Waals surface area contributed by atoms with Crippen molar-refractivity contribution >= 4 is 17.8 Å². The molecule has 0 aliphatic heterocycles. The molecule has 1 aromatic rings. The van der Waals surface area contributed by atoms with Gasteiger partial charge in [-0.15, -0.1) is 0 Å². The summed E-state index contributed by atoms with van der Waals surface area (Å²) in [5.41, 5.74) is -0.869. The Morgan fingerprint density at radius 2 is 1.67 bits per heavy atom. The Morgan fingerprint density at radius 3 is 2.17 bits per heavy atom. The van der Waals surface area contributed by atoms with E-state index in [1.807, 2.05) is 0 Å². The zero-order valence-corrected chi connectivity index (χ0v) is 9.59. The van der Waals surface area contributed by atoms with Crippen LogP contribution in [-0.4, -0.2) is 18.9 Å². The summed E-state index contributed by atoms with van der Waals surface area (Å²) >= 11 is 0. The first-order valence-electron chi connectivity index (χ1n) is 4.82. The molecule has 0 spiro atoms. The average molecular weight is 258 g/mol. The molecule has 0 aromatic heterocycles.